The van der Waals surface area contributed by atoms with Crippen LogP contribution in [0.4, 0.5) is 5.69 Å². The third kappa shape index (κ3) is 6.87. The third-order valence-electron chi connectivity index (χ3n) is 7.34. The first kappa shape index (κ1) is 28.4. The molecule has 1 aliphatic carbocycles. The zero-order chi connectivity index (χ0) is 28.0. The van der Waals surface area contributed by atoms with Crippen LogP contribution in [0.1, 0.15) is 49.3 Å². The van der Waals surface area contributed by atoms with E-state index in [1.807, 2.05) is 56.3 Å². The highest BCUT2D eigenvalue weighted by Crippen LogP contribution is 2.27. The maximum atomic E-state index is 14.0. The molecule has 3 aromatic carbocycles. The Kier molecular flexibility index (Phi) is 9.07. The molecule has 1 atom stereocenters. The van der Waals surface area contributed by atoms with Gasteiger partial charge in [0, 0.05) is 12.6 Å². The molecule has 3 aromatic rings. The van der Waals surface area contributed by atoms with Crippen LogP contribution in [0.3, 0.4) is 0 Å². The summed E-state index contributed by atoms with van der Waals surface area (Å²) < 4.78 is 29.0. The number of rotatable bonds is 10. The van der Waals surface area contributed by atoms with Gasteiger partial charge in [0.25, 0.3) is 10.0 Å². The van der Waals surface area contributed by atoms with Gasteiger partial charge in [-0.15, -0.1) is 0 Å². The van der Waals surface area contributed by atoms with Gasteiger partial charge in [0.15, 0.2) is 0 Å². The molecule has 0 saturated heterocycles. The number of hydrogen-bond donors (Lipinski definition) is 1. The number of carbonyl (C=O) groups is 2. The molecule has 206 valence electrons. The van der Waals surface area contributed by atoms with Crippen molar-refractivity contribution in [2.24, 2.45) is 0 Å². The van der Waals surface area contributed by atoms with Crippen LogP contribution < -0.4 is 9.62 Å². The lowest BCUT2D eigenvalue weighted by Crippen LogP contribution is -2.52. The van der Waals surface area contributed by atoms with Crippen molar-refractivity contribution >= 4 is 27.5 Å². The van der Waals surface area contributed by atoms with Crippen molar-refractivity contribution in [2.75, 3.05) is 10.8 Å². The van der Waals surface area contributed by atoms with Crippen molar-refractivity contribution in [2.45, 2.75) is 70.0 Å². The number of carbonyl (C=O) groups excluding carboxylic acids is 2. The highest BCUT2D eigenvalue weighted by atomic mass is 32.2. The second-order valence-electron chi connectivity index (χ2n) is 10.3. The first-order valence-electron chi connectivity index (χ1n) is 13.5. The fourth-order valence-electron chi connectivity index (χ4n) is 4.95. The summed E-state index contributed by atoms with van der Waals surface area (Å²) in [4.78, 5) is 28.8. The molecule has 39 heavy (non-hydrogen) atoms. The number of hydrogen-bond acceptors (Lipinski definition) is 4. The van der Waals surface area contributed by atoms with E-state index < -0.39 is 28.5 Å². The number of sulfonamides is 1. The zero-order valence-corrected chi connectivity index (χ0v) is 23.7. The van der Waals surface area contributed by atoms with Gasteiger partial charge in [0.05, 0.1) is 10.6 Å². The summed E-state index contributed by atoms with van der Waals surface area (Å²) in [6, 6.07) is 22.4. The minimum Gasteiger partial charge on any atom is -0.352 e. The first-order valence-corrected chi connectivity index (χ1v) is 14.9. The average Bonchev–Trinajstić information content (AvgIpc) is 3.44. The van der Waals surface area contributed by atoms with E-state index in [-0.39, 0.29) is 23.4 Å². The molecule has 0 aromatic heterocycles. The van der Waals surface area contributed by atoms with Gasteiger partial charge in [-0.1, -0.05) is 79.1 Å². The Morgan fingerprint density at radius 1 is 0.897 bits per heavy atom. The predicted octanol–water partition coefficient (Wildman–Crippen LogP) is 4.97. The third-order valence-corrected chi connectivity index (χ3v) is 9.11. The lowest BCUT2D eigenvalue weighted by Gasteiger charge is -2.33. The van der Waals surface area contributed by atoms with Crippen LogP contribution in [0.25, 0.3) is 0 Å². The van der Waals surface area contributed by atoms with Gasteiger partial charge in [-0.05, 0) is 62.9 Å². The zero-order valence-electron chi connectivity index (χ0n) is 22.8. The van der Waals surface area contributed by atoms with Crippen LogP contribution in [0, 0.1) is 13.8 Å². The van der Waals surface area contributed by atoms with E-state index in [1.54, 1.807) is 43.3 Å². The molecule has 0 radical (unpaired) electrons. The monoisotopic (exact) mass is 547 g/mol. The lowest BCUT2D eigenvalue weighted by molar-refractivity contribution is -0.139. The Morgan fingerprint density at radius 2 is 1.51 bits per heavy atom. The number of anilines is 1. The summed E-state index contributed by atoms with van der Waals surface area (Å²) in [5.74, 6) is -0.679. The van der Waals surface area contributed by atoms with Gasteiger partial charge in [-0.3, -0.25) is 13.9 Å². The van der Waals surface area contributed by atoms with E-state index in [2.05, 4.69) is 5.32 Å². The molecule has 8 heteroatoms. The summed E-state index contributed by atoms with van der Waals surface area (Å²) >= 11 is 0. The molecule has 0 unspecified atom stereocenters. The maximum absolute atomic E-state index is 14.0. The van der Waals surface area contributed by atoms with E-state index in [9.17, 15) is 18.0 Å². The minimum absolute atomic E-state index is 0.103. The van der Waals surface area contributed by atoms with Crippen LogP contribution in [0.2, 0.25) is 0 Å². The van der Waals surface area contributed by atoms with Crippen LogP contribution in [0.5, 0.6) is 0 Å². The van der Waals surface area contributed by atoms with Gasteiger partial charge < -0.3 is 10.2 Å². The summed E-state index contributed by atoms with van der Waals surface area (Å²) in [5.41, 5.74) is 2.94. The fraction of sp³-hybridized carbons (Fsp3) is 0.355. The number of nitrogens with zero attached hydrogens (tertiary/aromatic N) is 2. The Balaban J connectivity index is 1.68. The van der Waals surface area contributed by atoms with Gasteiger partial charge in [-0.2, -0.15) is 0 Å². The second-order valence-corrected chi connectivity index (χ2v) is 12.1. The Hall–Kier alpha value is -3.65. The average molecular weight is 548 g/mol. The van der Waals surface area contributed by atoms with Crippen LogP contribution >= 0.6 is 0 Å². The highest BCUT2D eigenvalue weighted by molar-refractivity contribution is 7.92. The van der Waals surface area contributed by atoms with E-state index in [0.29, 0.717) is 5.69 Å². The standard InChI is InChI=1S/C31H37N3O4S/c1-23-17-19-28(20-18-23)39(37,38)34(29-16-10-7-11-24(29)2)22-30(35)33(21-26-12-5-4-6-13-26)25(3)31(36)32-27-14-8-9-15-27/h4-7,10-13,16-20,25,27H,8-9,14-15,21-22H2,1-3H3,(H,32,36)/t25-/m0/s1. The molecule has 1 fully saturated rings. The molecular formula is C31H37N3O4S. The molecule has 1 saturated carbocycles. The predicted molar refractivity (Wildman–Crippen MR) is 154 cm³/mol. The molecule has 0 heterocycles. The van der Waals surface area contributed by atoms with Crippen molar-refractivity contribution in [3.8, 4) is 0 Å². The molecule has 1 aliphatic rings. The van der Waals surface area contributed by atoms with Gasteiger partial charge in [0.2, 0.25) is 11.8 Å². The molecule has 0 bridgehead atoms. The van der Waals surface area contributed by atoms with Crippen molar-refractivity contribution in [1.29, 1.82) is 0 Å². The largest absolute Gasteiger partial charge is 0.352 e. The summed E-state index contributed by atoms with van der Waals surface area (Å²) in [5, 5.41) is 3.09. The van der Waals surface area contributed by atoms with Gasteiger partial charge in [0.1, 0.15) is 12.6 Å². The first-order chi connectivity index (χ1) is 18.7. The van der Waals surface area contributed by atoms with Crippen LogP contribution in [0.15, 0.2) is 83.8 Å². The smallest absolute Gasteiger partial charge is 0.264 e. The maximum Gasteiger partial charge on any atom is 0.264 e. The van der Waals surface area contributed by atoms with E-state index in [0.717, 1.165) is 46.7 Å². The number of para-hydroxylation sites is 1. The van der Waals surface area contributed by atoms with E-state index in [4.69, 9.17) is 0 Å². The number of nitrogens with one attached hydrogen (secondary N) is 1. The summed E-state index contributed by atoms with van der Waals surface area (Å²) in [6.45, 7) is 5.16. The molecule has 1 N–H and O–H groups in total. The quantitative estimate of drug-likeness (QED) is 0.388. The molecule has 0 spiro atoms. The fourth-order valence-corrected chi connectivity index (χ4v) is 6.43. The Morgan fingerprint density at radius 3 is 2.15 bits per heavy atom. The normalized spacial score (nSPS) is 14.5. The second kappa shape index (κ2) is 12.5. The lowest BCUT2D eigenvalue weighted by atomic mass is 10.1. The molecule has 4 rings (SSSR count). The van der Waals surface area contributed by atoms with Crippen molar-refractivity contribution in [3.05, 3.63) is 95.6 Å². The van der Waals surface area contributed by atoms with E-state index in [1.165, 1.54) is 4.90 Å². The number of benzene rings is 3. The van der Waals surface area contributed by atoms with Crippen LogP contribution in [-0.2, 0) is 26.2 Å². The summed E-state index contributed by atoms with van der Waals surface area (Å²) in [6.07, 6.45) is 4.02. The number of amides is 2. The van der Waals surface area contributed by atoms with Crippen molar-refractivity contribution < 1.29 is 18.0 Å². The Bertz CT molecular complexity index is 1380. The van der Waals surface area contributed by atoms with Gasteiger partial charge >= 0.3 is 0 Å². The van der Waals surface area contributed by atoms with Gasteiger partial charge in [-0.25, -0.2) is 8.42 Å². The number of aryl methyl sites for hydroxylation is 2. The highest BCUT2D eigenvalue weighted by Gasteiger charge is 2.33. The molecule has 2 amide bonds. The van der Waals surface area contributed by atoms with E-state index >= 15 is 0 Å². The molecule has 7 nitrogen and oxygen atoms in total. The minimum atomic E-state index is -4.07. The van der Waals surface area contributed by atoms with Crippen molar-refractivity contribution in [1.82, 2.24) is 10.2 Å². The SMILES string of the molecule is Cc1ccc(S(=O)(=O)N(CC(=O)N(Cc2ccccc2)[C@@H](C)C(=O)NC2CCCC2)c2ccccc2C)cc1. The molecular weight excluding hydrogens is 510 g/mol. The Labute approximate surface area is 231 Å². The topological polar surface area (TPSA) is 86.8 Å². The van der Waals surface area contributed by atoms with Crippen molar-refractivity contribution in [3.63, 3.8) is 0 Å². The van der Waals surface area contributed by atoms with Crippen LogP contribution in [-0.4, -0.2) is 43.8 Å². The summed E-state index contributed by atoms with van der Waals surface area (Å²) in [7, 11) is -4.07. The molecule has 0 aliphatic heterocycles.